The Labute approximate surface area is 414 Å². The van der Waals surface area contributed by atoms with Gasteiger partial charge in [-0.25, -0.2) is 0 Å². The number of carbonyl (C=O) groups is 3. The van der Waals surface area contributed by atoms with Gasteiger partial charge in [0.1, 0.15) is 13.2 Å². The van der Waals surface area contributed by atoms with Crippen LogP contribution in [-0.4, -0.2) is 37.2 Å². The Morgan fingerprint density at radius 1 is 0.313 bits per heavy atom. The fraction of sp³-hybridized carbons (Fsp3) is 0.721. The molecule has 0 aliphatic heterocycles. The maximum atomic E-state index is 12.8. The molecule has 0 amide bonds. The van der Waals surface area contributed by atoms with Crippen LogP contribution >= 0.6 is 0 Å². The molecule has 0 aliphatic rings. The highest BCUT2D eigenvalue weighted by Gasteiger charge is 2.19. The lowest BCUT2D eigenvalue weighted by atomic mass is 10.1. The van der Waals surface area contributed by atoms with E-state index in [2.05, 4.69) is 106 Å². The van der Waals surface area contributed by atoms with E-state index in [1.807, 2.05) is 0 Å². The summed E-state index contributed by atoms with van der Waals surface area (Å²) in [7, 11) is 0. The van der Waals surface area contributed by atoms with Gasteiger partial charge in [0.25, 0.3) is 0 Å². The molecule has 6 heteroatoms. The number of hydrogen-bond acceptors (Lipinski definition) is 6. The third kappa shape index (κ3) is 53.4. The minimum atomic E-state index is -0.799. The monoisotopic (exact) mass is 933 g/mol. The Morgan fingerprint density at radius 3 is 0.940 bits per heavy atom. The van der Waals surface area contributed by atoms with Crippen LogP contribution in [0.25, 0.3) is 0 Å². The normalized spacial score (nSPS) is 12.7. The quantitative estimate of drug-likeness (QED) is 0.0262. The van der Waals surface area contributed by atoms with Gasteiger partial charge in [-0.2, -0.15) is 0 Å². The summed E-state index contributed by atoms with van der Waals surface area (Å²) in [5, 5.41) is 0. The lowest BCUT2D eigenvalue weighted by Gasteiger charge is -2.18. The van der Waals surface area contributed by atoms with Crippen molar-refractivity contribution < 1.29 is 28.6 Å². The van der Waals surface area contributed by atoms with Crippen molar-refractivity contribution in [1.29, 1.82) is 0 Å². The molecule has 0 rings (SSSR count). The van der Waals surface area contributed by atoms with Gasteiger partial charge in [0.15, 0.2) is 6.10 Å². The first kappa shape index (κ1) is 63.6. The topological polar surface area (TPSA) is 78.9 Å². The molecule has 1 unspecified atom stereocenters. The first-order valence-electron chi connectivity index (χ1n) is 28.1. The summed E-state index contributed by atoms with van der Waals surface area (Å²) < 4.78 is 16.8. The summed E-state index contributed by atoms with van der Waals surface area (Å²) in [6.07, 6.45) is 71.5. The molecule has 0 radical (unpaired) electrons. The van der Waals surface area contributed by atoms with Crippen molar-refractivity contribution >= 4 is 17.9 Å². The number of hydrogen-bond donors (Lipinski definition) is 0. The Morgan fingerprint density at radius 2 is 0.582 bits per heavy atom. The van der Waals surface area contributed by atoms with Crippen LogP contribution in [0.5, 0.6) is 0 Å². The molecule has 0 saturated carbocycles. The van der Waals surface area contributed by atoms with E-state index < -0.39 is 6.10 Å². The molecule has 67 heavy (non-hydrogen) atoms. The molecule has 0 bridgehead atoms. The minimum Gasteiger partial charge on any atom is -0.462 e. The SMILES string of the molecule is CC/C=C\C/C=C\C/C=C\CCCCCCCC(=O)OC(COC(=O)CCCCC/C=C\C/C=C\C/C=C\CC)COC(=O)CCCCCCCCCCC/C=C\CCCCCCCCCC. The molecular weight excluding hydrogens is 829 g/mol. The molecule has 0 aliphatic carbocycles. The third-order valence-corrected chi connectivity index (χ3v) is 11.9. The summed E-state index contributed by atoms with van der Waals surface area (Å²) in [5.41, 5.74) is 0. The van der Waals surface area contributed by atoms with Gasteiger partial charge >= 0.3 is 17.9 Å². The Kier molecular flexibility index (Phi) is 52.4. The van der Waals surface area contributed by atoms with Gasteiger partial charge in [-0.1, -0.05) is 221 Å². The fourth-order valence-corrected chi connectivity index (χ4v) is 7.70. The molecule has 0 spiro atoms. The van der Waals surface area contributed by atoms with Gasteiger partial charge in [-0.15, -0.1) is 0 Å². The molecule has 6 nitrogen and oxygen atoms in total. The van der Waals surface area contributed by atoms with E-state index >= 15 is 0 Å². The lowest BCUT2D eigenvalue weighted by Crippen LogP contribution is -2.30. The minimum absolute atomic E-state index is 0.0942. The average Bonchev–Trinajstić information content (AvgIpc) is 3.33. The highest BCUT2D eigenvalue weighted by molar-refractivity contribution is 5.71. The standard InChI is InChI=1S/C61H104O6/c1-4-7-10-13-16-19-22-25-27-28-29-30-31-32-34-36-39-42-45-48-51-54-60(63)66-57-58(56-65-59(62)53-50-47-44-41-38-35-24-21-18-15-12-9-6-3)67-61(64)55-52-49-46-43-40-37-33-26-23-20-17-14-11-8-5-2/h8-9,11-12,17-18,20-21,26,28-29,33,35,38,58H,4-7,10,13-16,19,22-25,27,30-32,34,36-37,39-57H2,1-3H3/b11-8-,12-9-,20-17-,21-18-,29-28-,33-26-,38-35-. The molecule has 0 aromatic carbocycles. The molecule has 0 N–H and O–H groups in total. The van der Waals surface area contributed by atoms with Crippen LogP contribution in [0.2, 0.25) is 0 Å². The number of ether oxygens (including phenoxy) is 3. The van der Waals surface area contributed by atoms with Crippen molar-refractivity contribution in [2.75, 3.05) is 13.2 Å². The van der Waals surface area contributed by atoms with Crippen LogP contribution in [0.15, 0.2) is 85.1 Å². The van der Waals surface area contributed by atoms with Gasteiger partial charge < -0.3 is 14.2 Å². The summed E-state index contributed by atoms with van der Waals surface area (Å²) >= 11 is 0. The summed E-state index contributed by atoms with van der Waals surface area (Å²) in [6.45, 7) is 6.38. The molecule has 0 heterocycles. The average molecular weight is 933 g/mol. The van der Waals surface area contributed by atoms with Crippen LogP contribution < -0.4 is 0 Å². The lowest BCUT2D eigenvalue weighted by molar-refractivity contribution is -0.167. The van der Waals surface area contributed by atoms with E-state index in [1.165, 1.54) is 103 Å². The van der Waals surface area contributed by atoms with Crippen molar-refractivity contribution in [2.24, 2.45) is 0 Å². The summed E-state index contributed by atoms with van der Waals surface area (Å²) in [5.74, 6) is -0.941. The van der Waals surface area contributed by atoms with Crippen molar-refractivity contribution in [3.05, 3.63) is 85.1 Å². The number of unbranched alkanes of at least 4 members (excludes halogenated alkanes) is 25. The maximum absolute atomic E-state index is 12.8. The first-order valence-corrected chi connectivity index (χ1v) is 28.1. The molecular formula is C61H104O6. The number of rotatable bonds is 50. The Bertz CT molecular complexity index is 1300. The van der Waals surface area contributed by atoms with Crippen LogP contribution in [0.1, 0.15) is 265 Å². The van der Waals surface area contributed by atoms with E-state index in [0.717, 1.165) is 122 Å². The molecule has 384 valence electrons. The van der Waals surface area contributed by atoms with Crippen molar-refractivity contribution in [1.82, 2.24) is 0 Å². The Balaban J connectivity index is 4.38. The second-order valence-electron chi connectivity index (χ2n) is 18.4. The van der Waals surface area contributed by atoms with E-state index in [-0.39, 0.29) is 31.1 Å². The van der Waals surface area contributed by atoms with Gasteiger partial charge in [0.05, 0.1) is 0 Å². The van der Waals surface area contributed by atoms with Gasteiger partial charge in [0.2, 0.25) is 0 Å². The van der Waals surface area contributed by atoms with E-state index in [0.29, 0.717) is 19.3 Å². The molecule has 0 aromatic heterocycles. The smallest absolute Gasteiger partial charge is 0.306 e. The van der Waals surface area contributed by atoms with Crippen LogP contribution in [-0.2, 0) is 28.6 Å². The largest absolute Gasteiger partial charge is 0.462 e. The summed E-state index contributed by atoms with van der Waals surface area (Å²) in [4.78, 5) is 38.1. The highest BCUT2D eigenvalue weighted by Crippen LogP contribution is 2.15. The number of carbonyl (C=O) groups excluding carboxylic acids is 3. The third-order valence-electron chi connectivity index (χ3n) is 11.9. The predicted octanol–water partition coefficient (Wildman–Crippen LogP) is 18.8. The van der Waals surface area contributed by atoms with Crippen molar-refractivity contribution in [3.63, 3.8) is 0 Å². The number of allylic oxidation sites excluding steroid dienone is 14. The van der Waals surface area contributed by atoms with Crippen molar-refractivity contribution in [3.8, 4) is 0 Å². The van der Waals surface area contributed by atoms with Crippen LogP contribution in [0.3, 0.4) is 0 Å². The van der Waals surface area contributed by atoms with Crippen molar-refractivity contribution in [2.45, 2.75) is 271 Å². The Hall–Kier alpha value is -3.41. The fourth-order valence-electron chi connectivity index (χ4n) is 7.70. The van der Waals surface area contributed by atoms with Gasteiger partial charge in [-0.3, -0.25) is 14.4 Å². The zero-order valence-corrected chi connectivity index (χ0v) is 43.9. The second-order valence-corrected chi connectivity index (χ2v) is 18.4. The van der Waals surface area contributed by atoms with Crippen LogP contribution in [0, 0.1) is 0 Å². The molecule has 0 saturated heterocycles. The molecule has 1 atom stereocenters. The zero-order valence-electron chi connectivity index (χ0n) is 43.9. The predicted molar refractivity (Wildman–Crippen MR) is 288 cm³/mol. The first-order chi connectivity index (χ1) is 33.0. The van der Waals surface area contributed by atoms with Crippen LogP contribution in [0.4, 0.5) is 0 Å². The van der Waals surface area contributed by atoms with E-state index in [1.54, 1.807) is 0 Å². The maximum Gasteiger partial charge on any atom is 0.306 e. The molecule has 0 fully saturated rings. The van der Waals surface area contributed by atoms with E-state index in [9.17, 15) is 14.4 Å². The van der Waals surface area contributed by atoms with Gasteiger partial charge in [-0.05, 0) is 109 Å². The van der Waals surface area contributed by atoms with E-state index in [4.69, 9.17) is 14.2 Å². The zero-order chi connectivity index (χ0) is 48.6. The van der Waals surface area contributed by atoms with Gasteiger partial charge in [0, 0.05) is 19.3 Å². The molecule has 0 aromatic rings. The summed E-state index contributed by atoms with van der Waals surface area (Å²) in [6, 6.07) is 0. The number of esters is 3. The highest BCUT2D eigenvalue weighted by atomic mass is 16.6. The second kappa shape index (κ2) is 55.2.